The summed E-state index contributed by atoms with van der Waals surface area (Å²) in [4.78, 5) is 0. The SMILES string of the molecule is Cc1ccc(C(C)C)c(Cl)c1Cl. The van der Waals surface area contributed by atoms with E-state index in [2.05, 4.69) is 13.8 Å². The molecule has 0 aromatic heterocycles. The van der Waals surface area contributed by atoms with Crippen molar-refractivity contribution in [1.29, 1.82) is 0 Å². The summed E-state index contributed by atoms with van der Waals surface area (Å²) in [7, 11) is 0. The van der Waals surface area contributed by atoms with Crippen molar-refractivity contribution in [2.75, 3.05) is 0 Å². The Bertz CT molecular complexity index is 290. The second-order valence-corrected chi connectivity index (χ2v) is 4.01. The van der Waals surface area contributed by atoms with Gasteiger partial charge in [0.25, 0.3) is 0 Å². The molecule has 1 rings (SSSR count). The van der Waals surface area contributed by atoms with Crippen LogP contribution in [-0.2, 0) is 0 Å². The Morgan fingerprint density at radius 1 is 1.08 bits per heavy atom. The molecule has 0 aliphatic rings. The van der Waals surface area contributed by atoms with Crippen LogP contribution >= 0.6 is 23.2 Å². The predicted molar refractivity (Wildman–Crippen MR) is 55.3 cm³/mol. The summed E-state index contributed by atoms with van der Waals surface area (Å²) >= 11 is 12.1. The highest BCUT2D eigenvalue weighted by molar-refractivity contribution is 6.43. The maximum Gasteiger partial charge on any atom is 0.0629 e. The number of hydrogen-bond acceptors (Lipinski definition) is 0. The third-order valence-corrected chi connectivity index (χ3v) is 2.92. The zero-order valence-corrected chi connectivity index (χ0v) is 9.00. The van der Waals surface area contributed by atoms with Crippen LogP contribution in [0.4, 0.5) is 0 Å². The maximum absolute atomic E-state index is 6.06. The molecular formula is C10H12Cl2. The lowest BCUT2D eigenvalue weighted by Crippen LogP contribution is -1.90. The molecule has 0 saturated carbocycles. The van der Waals surface area contributed by atoms with Crippen LogP contribution in [0, 0.1) is 6.92 Å². The summed E-state index contributed by atoms with van der Waals surface area (Å²) in [5, 5.41) is 1.38. The summed E-state index contributed by atoms with van der Waals surface area (Å²) in [6.07, 6.45) is 0. The normalized spacial score (nSPS) is 10.8. The van der Waals surface area contributed by atoms with Gasteiger partial charge in [0.15, 0.2) is 0 Å². The van der Waals surface area contributed by atoms with E-state index in [1.54, 1.807) is 0 Å². The molecule has 0 aliphatic heterocycles. The second kappa shape index (κ2) is 3.68. The van der Waals surface area contributed by atoms with Gasteiger partial charge in [0, 0.05) is 0 Å². The minimum Gasteiger partial charge on any atom is -0.0824 e. The van der Waals surface area contributed by atoms with Gasteiger partial charge in [-0.05, 0) is 24.0 Å². The highest BCUT2D eigenvalue weighted by Crippen LogP contribution is 2.32. The van der Waals surface area contributed by atoms with Gasteiger partial charge in [0.1, 0.15) is 0 Å². The summed E-state index contributed by atoms with van der Waals surface area (Å²) in [5.41, 5.74) is 2.15. The second-order valence-electron chi connectivity index (χ2n) is 3.25. The van der Waals surface area contributed by atoms with E-state index in [0.717, 1.165) is 11.1 Å². The van der Waals surface area contributed by atoms with Gasteiger partial charge in [-0.25, -0.2) is 0 Å². The van der Waals surface area contributed by atoms with Crippen LogP contribution < -0.4 is 0 Å². The van der Waals surface area contributed by atoms with E-state index in [-0.39, 0.29) is 0 Å². The largest absolute Gasteiger partial charge is 0.0824 e. The van der Waals surface area contributed by atoms with E-state index >= 15 is 0 Å². The van der Waals surface area contributed by atoms with Crippen molar-refractivity contribution in [3.05, 3.63) is 33.3 Å². The molecule has 2 heteroatoms. The van der Waals surface area contributed by atoms with Crippen LogP contribution in [0.5, 0.6) is 0 Å². The van der Waals surface area contributed by atoms with Crippen molar-refractivity contribution in [1.82, 2.24) is 0 Å². The Morgan fingerprint density at radius 3 is 2.17 bits per heavy atom. The Kier molecular flexibility index (Phi) is 3.03. The van der Waals surface area contributed by atoms with Crippen LogP contribution in [0.2, 0.25) is 10.0 Å². The highest BCUT2D eigenvalue weighted by Gasteiger charge is 2.09. The minimum atomic E-state index is 0.426. The molecule has 0 N–H and O–H groups in total. The molecule has 0 radical (unpaired) electrons. The van der Waals surface area contributed by atoms with Gasteiger partial charge in [-0.15, -0.1) is 0 Å². The molecule has 0 saturated heterocycles. The van der Waals surface area contributed by atoms with Gasteiger partial charge in [0.05, 0.1) is 10.0 Å². The quantitative estimate of drug-likeness (QED) is 0.633. The van der Waals surface area contributed by atoms with Gasteiger partial charge in [0.2, 0.25) is 0 Å². The van der Waals surface area contributed by atoms with Gasteiger partial charge < -0.3 is 0 Å². The third kappa shape index (κ3) is 1.75. The number of halogens is 2. The highest BCUT2D eigenvalue weighted by atomic mass is 35.5. The van der Waals surface area contributed by atoms with Gasteiger partial charge in [-0.2, -0.15) is 0 Å². The van der Waals surface area contributed by atoms with Gasteiger partial charge in [-0.3, -0.25) is 0 Å². The zero-order valence-electron chi connectivity index (χ0n) is 7.49. The van der Waals surface area contributed by atoms with E-state index in [4.69, 9.17) is 23.2 Å². The first-order chi connectivity index (χ1) is 5.54. The predicted octanol–water partition coefficient (Wildman–Crippen LogP) is 4.43. The van der Waals surface area contributed by atoms with E-state index < -0.39 is 0 Å². The lowest BCUT2D eigenvalue weighted by Gasteiger charge is -2.10. The smallest absolute Gasteiger partial charge is 0.0629 e. The fourth-order valence-electron chi connectivity index (χ4n) is 1.11. The Balaban J connectivity index is 3.27. The molecule has 0 spiro atoms. The van der Waals surface area contributed by atoms with Crippen molar-refractivity contribution in [3.8, 4) is 0 Å². The van der Waals surface area contributed by atoms with Crippen molar-refractivity contribution in [3.63, 3.8) is 0 Å². The molecule has 12 heavy (non-hydrogen) atoms. The first-order valence-electron chi connectivity index (χ1n) is 3.98. The summed E-state index contributed by atoms with van der Waals surface area (Å²) in [6.45, 7) is 6.16. The molecule has 0 heterocycles. The fourth-order valence-corrected chi connectivity index (χ4v) is 1.71. The Morgan fingerprint density at radius 2 is 1.67 bits per heavy atom. The zero-order chi connectivity index (χ0) is 9.30. The molecule has 0 amide bonds. The van der Waals surface area contributed by atoms with Crippen molar-refractivity contribution < 1.29 is 0 Å². The van der Waals surface area contributed by atoms with E-state index in [1.165, 1.54) is 0 Å². The van der Waals surface area contributed by atoms with Crippen molar-refractivity contribution in [2.45, 2.75) is 26.7 Å². The molecule has 0 fully saturated rings. The van der Waals surface area contributed by atoms with E-state index in [0.29, 0.717) is 16.0 Å². The minimum absolute atomic E-state index is 0.426. The molecule has 66 valence electrons. The van der Waals surface area contributed by atoms with Crippen LogP contribution in [0.1, 0.15) is 30.9 Å². The fraction of sp³-hybridized carbons (Fsp3) is 0.400. The summed E-state index contributed by atoms with van der Waals surface area (Å²) in [6, 6.07) is 4.04. The van der Waals surface area contributed by atoms with Crippen LogP contribution in [0.25, 0.3) is 0 Å². The number of hydrogen-bond donors (Lipinski definition) is 0. The Hall–Kier alpha value is -0.200. The molecule has 0 bridgehead atoms. The van der Waals surface area contributed by atoms with E-state index in [1.807, 2.05) is 19.1 Å². The number of aryl methyl sites for hydroxylation is 1. The Labute approximate surface area is 83.5 Å². The first kappa shape index (κ1) is 9.88. The standard InChI is InChI=1S/C10H12Cl2/c1-6(2)8-5-4-7(3)9(11)10(8)12/h4-6H,1-3H3. The van der Waals surface area contributed by atoms with Crippen molar-refractivity contribution in [2.24, 2.45) is 0 Å². The monoisotopic (exact) mass is 202 g/mol. The topological polar surface area (TPSA) is 0 Å². The van der Waals surface area contributed by atoms with Crippen LogP contribution in [0.3, 0.4) is 0 Å². The van der Waals surface area contributed by atoms with Crippen LogP contribution in [0.15, 0.2) is 12.1 Å². The molecule has 0 unspecified atom stereocenters. The summed E-state index contributed by atoms with van der Waals surface area (Å²) in [5.74, 6) is 0.426. The van der Waals surface area contributed by atoms with E-state index in [9.17, 15) is 0 Å². The lowest BCUT2D eigenvalue weighted by atomic mass is 10.0. The number of benzene rings is 1. The molecule has 1 aromatic rings. The lowest BCUT2D eigenvalue weighted by molar-refractivity contribution is 0.866. The molecule has 0 aliphatic carbocycles. The molecular weight excluding hydrogens is 191 g/mol. The first-order valence-corrected chi connectivity index (χ1v) is 4.74. The molecule has 0 nitrogen and oxygen atoms in total. The van der Waals surface area contributed by atoms with Gasteiger partial charge >= 0.3 is 0 Å². The van der Waals surface area contributed by atoms with Crippen LogP contribution in [-0.4, -0.2) is 0 Å². The molecule has 0 atom stereocenters. The number of rotatable bonds is 1. The summed E-state index contributed by atoms with van der Waals surface area (Å²) < 4.78 is 0. The average molecular weight is 203 g/mol. The van der Waals surface area contributed by atoms with Gasteiger partial charge in [-0.1, -0.05) is 49.2 Å². The maximum atomic E-state index is 6.06. The average Bonchev–Trinajstić information content (AvgIpc) is 2.00. The van der Waals surface area contributed by atoms with Crippen molar-refractivity contribution >= 4 is 23.2 Å². The third-order valence-electron chi connectivity index (χ3n) is 1.93. The molecule has 1 aromatic carbocycles.